The van der Waals surface area contributed by atoms with E-state index < -0.39 is 0 Å². The van der Waals surface area contributed by atoms with E-state index in [0.29, 0.717) is 30.0 Å². The van der Waals surface area contributed by atoms with Crippen LogP contribution in [0.15, 0.2) is 18.2 Å². The lowest BCUT2D eigenvalue weighted by Gasteiger charge is -2.20. The summed E-state index contributed by atoms with van der Waals surface area (Å²) in [4.78, 5) is 16.1. The number of amides is 1. The molecule has 1 amide bonds. The highest BCUT2D eigenvalue weighted by molar-refractivity contribution is 5.84. The Morgan fingerprint density at radius 3 is 2.81 bits per heavy atom. The first kappa shape index (κ1) is 14.9. The number of benzene rings is 1. The smallest absolute Gasteiger partial charge is 0.222 e. The summed E-state index contributed by atoms with van der Waals surface area (Å²) in [6, 6.07) is 7.43. The van der Waals surface area contributed by atoms with Crippen LogP contribution in [0.4, 0.5) is 5.95 Å². The van der Waals surface area contributed by atoms with Crippen molar-refractivity contribution in [3.63, 3.8) is 0 Å². The first-order valence-corrected chi connectivity index (χ1v) is 6.77. The summed E-state index contributed by atoms with van der Waals surface area (Å²) < 4.78 is 1.76. The number of hydrogen-bond acceptors (Lipinski definition) is 4. The average molecular weight is 285 g/mol. The summed E-state index contributed by atoms with van der Waals surface area (Å²) >= 11 is 0. The van der Waals surface area contributed by atoms with Gasteiger partial charge in [0.15, 0.2) is 0 Å². The molecule has 1 heterocycles. The molecule has 0 radical (unpaired) electrons. The van der Waals surface area contributed by atoms with Gasteiger partial charge in [0.25, 0.3) is 0 Å². The fourth-order valence-electron chi connectivity index (χ4n) is 2.18. The second-order valence-corrected chi connectivity index (χ2v) is 5.95. The molecule has 2 aromatic rings. The van der Waals surface area contributed by atoms with Crippen molar-refractivity contribution in [2.45, 2.75) is 39.3 Å². The van der Waals surface area contributed by atoms with Crippen LogP contribution in [0.3, 0.4) is 0 Å². The molecule has 0 atom stereocenters. The van der Waals surface area contributed by atoms with Crippen LogP contribution in [0, 0.1) is 11.3 Å². The molecule has 0 aliphatic rings. The number of nitrogens with two attached hydrogens (primary N) is 1. The van der Waals surface area contributed by atoms with Gasteiger partial charge in [0, 0.05) is 18.5 Å². The van der Waals surface area contributed by atoms with Crippen molar-refractivity contribution in [3.8, 4) is 6.07 Å². The largest absolute Gasteiger partial charge is 0.369 e. The van der Waals surface area contributed by atoms with E-state index in [1.165, 1.54) is 0 Å². The van der Waals surface area contributed by atoms with E-state index in [1.54, 1.807) is 16.7 Å². The molecule has 0 fully saturated rings. The predicted molar refractivity (Wildman–Crippen MR) is 81.4 cm³/mol. The lowest BCUT2D eigenvalue weighted by molar-refractivity contribution is -0.122. The number of nitrogen functional groups attached to an aromatic ring is 1. The molecule has 6 nitrogen and oxygen atoms in total. The zero-order chi connectivity index (χ0) is 15.6. The predicted octanol–water partition coefficient (Wildman–Crippen LogP) is 1.79. The van der Waals surface area contributed by atoms with Crippen molar-refractivity contribution >= 4 is 22.9 Å². The molecule has 110 valence electrons. The van der Waals surface area contributed by atoms with Gasteiger partial charge in [-0.3, -0.25) is 4.79 Å². The molecule has 2 rings (SSSR count). The van der Waals surface area contributed by atoms with E-state index in [1.807, 2.05) is 26.8 Å². The molecular weight excluding hydrogens is 266 g/mol. The number of nitrogens with one attached hydrogen (secondary N) is 1. The van der Waals surface area contributed by atoms with Crippen molar-refractivity contribution in [3.05, 3.63) is 23.8 Å². The Kier molecular flexibility index (Phi) is 3.85. The highest BCUT2D eigenvalue weighted by Gasteiger charge is 2.15. The van der Waals surface area contributed by atoms with Gasteiger partial charge in [-0.25, -0.2) is 4.98 Å². The Labute approximate surface area is 123 Å². The minimum absolute atomic E-state index is 0.0415. The van der Waals surface area contributed by atoms with Crippen LogP contribution in [-0.2, 0) is 11.3 Å². The fraction of sp³-hybridized carbons (Fsp3) is 0.400. The molecule has 1 aromatic carbocycles. The Morgan fingerprint density at radius 1 is 1.48 bits per heavy atom. The van der Waals surface area contributed by atoms with Gasteiger partial charge >= 0.3 is 0 Å². The quantitative estimate of drug-likeness (QED) is 0.898. The lowest BCUT2D eigenvalue weighted by Crippen LogP contribution is -2.40. The third kappa shape index (κ3) is 3.31. The Hall–Kier alpha value is -2.55. The molecule has 0 aliphatic heterocycles. The molecule has 0 aliphatic carbocycles. The zero-order valence-electron chi connectivity index (χ0n) is 12.5. The second kappa shape index (κ2) is 5.44. The second-order valence-electron chi connectivity index (χ2n) is 5.95. The summed E-state index contributed by atoms with van der Waals surface area (Å²) in [7, 11) is 0. The molecule has 1 aromatic heterocycles. The van der Waals surface area contributed by atoms with Gasteiger partial charge < -0.3 is 15.6 Å². The average Bonchev–Trinajstić information content (AvgIpc) is 2.69. The Bertz CT molecular complexity index is 718. The number of aryl methyl sites for hydroxylation is 1. The number of imidazole rings is 1. The van der Waals surface area contributed by atoms with Crippen molar-refractivity contribution in [2.24, 2.45) is 0 Å². The highest BCUT2D eigenvalue weighted by Crippen LogP contribution is 2.21. The van der Waals surface area contributed by atoms with Gasteiger partial charge in [0.2, 0.25) is 11.9 Å². The van der Waals surface area contributed by atoms with E-state index in [9.17, 15) is 4.79 Å². The van der Waals surface area contributed by atoms with Crippen LogP contribution in [0.5, 0.6) is 0 Å². The van der Waals surface area contributed by atoms with Gasteiger partial charge in [0.1, 0.15) is 11.6 Å². The summed E-state index contributed by atoms with van der Waals surface area (Å²) in [5.74, 6) is 0.274. The topological polar surface area (TPSA) is 96.7 Å². The van der Waals surface area contributed by atoms with E-state index in [4.69, 9.17) is 11.0 Å². The van der Waals surface area contributed by atoms with Crippen LogP contribution < -0.4 is 11.1 Å². The monoisotopic (exact) mass is 285 g/mol. The van der Waals surface area contributed by atoms with E-state index in [2.05, 4.69) is 16.4 Å². The van der Waals surface area contributed by atoms with Crippen LogP contribution >= 0.6 is 0 Å². The van der Waals surface area contributed by atoms with Crippen LogP contribution in [-0.4, -0.2) is 21.0 Å². The van der Waals surface area contributed by atoms with Gasteiger partial charge in [-0.2, -0.15) is 5.26 Å². The normalized spacial score (nSPS) is 11.3. The summed E-state index contributed by atoms with van der Waals surface area (Å²) in [6.07, 6.45) is 0.309. The van der Waals surface area contributed by atoms with Crippen molar-refractivity contribution in [2.75, 3.05) is 5.73 Å². The van der Waals surface area contributed by atoms with Crippen LogP contribution in [0.2, 0.25) is 0 Å². The maximum Gasteiger partial charge on any atom is 0.222 e. The number of aromatic nitrogens is 2. The minimum Gasteiger partial charge on any atom is -0.369 e. The summed E-state index contributed by atoms with van der Waals surface area (Å²) in [5.41, 5.74) is 7.48. The molecule has 3 N–H and O–H groups in total. The molecule has 0 saturated heterocycles. The van der Waals surface area contributed by atoms with Gasteiger partial charge in [-0.15, -0.1) is 0 Å². The first-order chi connectivity index (χ1) is 9.81. The lowest BCUT2D eigenvalue weighted by atomic mass is 10.1. The van der Waals surface area contributed by atoms with Crippen molar-refractivity contribution in [1.29, 1.82) is 5.26 Å². The summed E-state index contributed by atoms with van der Waals surface area (Å²) in [6.45, 7) is 6.24. The molecule has 0 saturated carbocycles. The van der Waals surface area contributed by atoms with E-state index in [0.717, 1.165) is 5.52 Å². The SMILES string of the molecule is CC(C)(C)NC(=O)CCn1c(N)nc2c(C#N)cccc21. The number of fused-ring (bicyclic) bond motifs is 1. The fourth-order valence-corrected chi connectivity index (χ4v) is 2.18. The molecule has 0 bridgehead atoms. The van der Waals surface area contributed by atoms with E-state index >= 15 is 0 Å². The number of anilines is 1. The maximum atomic E-state index is 11.9. The third-order valence-electron chi connectivity index (χ3n) is 3.01. The van der Waals surface area contributed by atoms with Gasteiger partial charge in [-0.1, -0.05) is 6.07 Å². The maximum absolute atomic E-state index is 11.9. The van der Waals surface area contributed by atoms with Crippen LogP contribution in [0.25, 0.3) is 11.0 Å². The van der Waals surface area contributed by atoms with E-state index in [-0.39, 0.29) is 11.4 Å². The number of carbonyl (C=O) groups is 1. The van der Waals surface area contributed by atoms with Gasteiger partial charge in [0.05, 0.1) is 11.1 Å². The van der Waals surface area contributed by atoms with Crippen LogP contribution in [0.1, 0.15) is 32.8 Å². The number of para-hydroxylation sites is 1. The third-order valence-corrected chi connectivity index (χ3v) is 3.01. The Morgan fingerprint density at radius 2 is 2.19 bits per heavy atom. The standard InChI is InChI=1S/C15H19N5O/c1-15(2,3)19-12(21)7-8-20-11-6-4-5-10(9-16)13(11)18-14(20)17/h4-6H,7-8H2,1-3H3,(H2,17,18)(H,19,21). The molecule has 0 unspecified atom stereocenters. The summed E-state index contributed by atoms with van der Waals surface area (Å²) in [5, 5.41) is 12.0. The van der Waals surface area contributed by atoms with Crippen molar-refractivity contribution < 1.29 is 4.79 Å². The van der Waals surface area contributed by atoms with Gasteiger partial charge in [-0.05, 0) is 32.9 Å². The molecular formula is C15H19N5O. The number of rotatable bonds is 3. The molecule has 0 spiro atoms. The number of hydrogen-bond donors (Lipinski definition) is 2. The number of nitriles is 1. The van der Waals surface area contributed by atoms with Crippen molar-refractivity contribution in [1.82, 2.24) is 14.9 Å². The number of nitrogens with zero attached hydrogens (tertiary/aromatic N) is 3. The molecule has 21 heavy (non-hydrogen) atoms. The number of carbonyl (C=O) groups excluding carboxylic acids is 1. The first-order valence-electron chi connectivity index (χ1n) is 6.77. The molecule has 6 heteroatoms. The zero-order valence-corrected chi connectivity index (χ0v) is 12.5. The minimum atomic E-state index is -0.256. The highest BCUT2D eigenvalue weighted by atomic mass is 16.1. The Balaban J connectivity index is 2.22.